The molecule has 2 aromatic carbocycles. The summed E-state index contributed by atoms with van der Waals surface area (Å²) in [4.78, 5) is 11.7. The summed E-state index contributed by atoms with van der Waals surface area (Å²) >= 11 is 0. The number of benzene rings is 2. The highest BCUT2D eigenvalue weighted by atomic mass is 16.7. The monoisotopic (exact) mass is 522 g/mol. The Kier molecular flexibility index (Phi) is 15.8. The van der Waals surface area contributed by atoms with Crippen LogP contribution in [0.15, 0.2) is 36.4 Å². The number of hydrogen-bond acceptors (Lipinski definition) is 9. The van der Waals surface area contributed by atoms with Crippen molar-refractivity contribution in [2.24, 2.45) is 0 Å². The van der Waals surface area contributed by atoms with E-state index in [1.165, 1.54) is 0 Å². The van der Waals surface area contributed by atoms with Crippen LogP contribution < -0.4 is 18.9 Å². The normalized spacial score (nSPS) is 12.0. The van der Waals surface area contributed by atoms with Gasteiger partial charge in [0.15, 0.2) is 12.6 Å². The summed E-state index contributed by atoms with van der Waals surface area (Å²) in [6.45, 7) is 10.8. The van der Waals surface area contributed by atoms with E-state index in [0.717, 1.165) is 11.3 Å². The zero-order valence-electron chi connectivity index (χ0n) is 23.1. The number of hydrogen-bond donors (Lipinski definition) is 1. The maximum atomic E-state index is 11.7. The molecule has 0 radical (unpaired) electrons. The van der Waals surface area contributed by atoms with Gasteiger partial charge in [-0.1, -0.05) is 12.1 Å². The smallest absolute Gasteiger partial charge is 0.310 e. The molecule has 9 nitrogen and oxygen atoms in total. The lowest BCUT2D eigenvalue weighted by Crippen LogP contribution is -2.18. The van der Waals surface area contributed by atoms with Crippen molar-refractivity contribution in [1.82, 2.24) is 0 Å². The van der Waals surface area contributed by atoms with Gasteiger partial charge in [-0.3, -0.25) is 4.79 Å². The summed E-state index contributed by atoms with van der Waals surface area (Å²) in [5, 5.41) is 9.06. The Morgan fingerprint density at radius 2 is 1.22 bits per heavy atom. The van der Waals surface area contributed by atoms with Crippen molar-refractivity contribution < 1.29 is 43.1 Å². The molecule has 0 saturated carbocycles. The van der Waals surface area contributed by atoms with Crippen molar-refractivity contribution in [3.63, 3.8) is 0 Å². The molecule has 9 heteroatoms. The maximum Gasteiger partial charge on any atom is 0.310 e. The van der Waals surface area contributed by atoms with Gasteiger partial charge < -0.3 is 38.3 Å². The molecule has 0 aliphatic heterocycles. The Balaban J connectivity index is 0.000000375. The van der Waals surface area contributed by atoms with Gasteiger partial charge in [0, 0.05) is 37.4 Å². The summed E-state index contributed by atoms with van der Waals surface area (Å²) < 4.78 is 37.5. The standard InChI is InChI=1S/C15H22O5.C13H20O4/c1-5-18-11(3)20-14-9-7-8-13(17-4)12(14)10-15(16)19-6-2;1-4-16-10(2)17-13-7-5-6-12(15-3)11(13)8-9-14/h7-9,11H,5-6,10H2,1-4H3;5-7,10,14H,4,8-9H2,1-3H3. The Morgan fingerprint density at radius 3 is 1.65 bits per heavy atom. The first-order valence-electron chi connectivity index (χ1n) is 12.5. The van der Waals surface area contributed by atoms with Crippen molar-refractivity contribution in [1.29, 1.82) is 0 Å². The summed E-state index contributed by atoms with van der Waals surface area (Å²) in [7, 11) is 3.16. The lowest BCUT2D eigenvalue weighted by atomic mass is 10.1. The average Bonchev–Trinajstić information content (AvgIpc) is 2.87. The third-order valence-electron chi connectivity index (χ3n) is 5.00. The zero-order chi connectivity index (χ0) is 27.6. The first-order chi connectivity index (χ1) is 17.8. The lowest BCUT2D eigenvalue weighted by Gasteiger charge is -2.18. The van der Waals surface area contributed by atoms with Crippen LogP contribution in [-0.2, 0) is 31.8 Å². The number of carbonyl (C=O) groups is 1. The fourth-order valence-electron chi connectivity index (χ4n) is 3.48. The van der Waals surface area contributed by atoms with Crippen molar-refractivity contribution in [3.05, 3.63) is 47.5 Å². The van der Waals surface area contributed by atoms with Crippen molar-refractivity contribution in [2.45, 2.75) is 60.0 Å². The van der Waals surface area contributed by atoms with Crippen LogP contribution in [-0.4, -0.2) is 64.3 Å². The van der Waals surface area contributed by atoms with Crippen molar-refractivity contribution in [3.8, 4) is 23.0 Å². The van der Waals surface area contributed by atoms with E-state index < -0.39 is 6.29 Å². The number of aliphatic hydroxyl groups is 1. The van der Waals surface area contributed by atoms with E-state index in [1.54, 1.807) is 40.2 Å². The minimum Gasteiger partial charge on any atom is -0.496 e. The molecule has 1 N–H and O–H groups in total. The SMILES string of the molecule is CCOC(=O)Cc1c(OC)cccc1OC(C)OCC.CCOC(C)Oc1cccc(OC)c1CCO. The van der Waals surface area contributed by atoms with Gasteiger partial charge in [0.05, 0.1) is 27.2 Å². The second-order valence-corrected chi connectivity index (χ2v) is 7.61. The Morgan fingerprint density at radius 1 is 0.757 bits per heavy atom. The predicted molar refractivity (Wildman–Crippen MR) is 141 cm³/mol. The van der Waals surface area contributed by atoms with Gasteiger partial charge in [0.25, 0.3) is 0 Å². The minimum atomic E-state index is -0.395. The zero-order valence-corrected chi connectivity index (χ0v) is 23.1. The molecule has 0 amide bonds. The van der Waals surface area contributed by atoms with Crippen LogP contribution in [0, 0.1) is 0 Å². The molecule has 0 aromatic heterocycles. The number of methoxy groups -OCH3 is 2. The van der Waals surface area contributed by atoms with E-state index >= 15 is 0 Å². The van der Waals surface area contributed by atoms with E-state index in [-0.39, 0.29) is 25.3 Å². The quantitative estimate of drug-likeness (QED) is 0.266. The number of carbonyl (C=O) groups excluding carboxylic acids is 1. The molecule has 2 rings (SSSR count). The summed E-state index contributed by atoms with van der Waals surface area (Å²) in [5.74, 6) is 2.27. The summed E-state index contributed by atoms with van der Waals surface area (Å²) in [6.07, 6.45) is -0.109. The topological polar surface area (TPSA) is 102 Å². The highest BCUT2D eigenvalue weighted by molar-refractivity contribution is 5.75. The molecule has 2 atom stereocenters. The lowest BCUT2D eigenvalue weighted by molar-refractivity contribution is -0.142. The predicted octanol–water partition coefficient (Wildman–Crippen LogP) is 4.55. The van der Waals surface area contributed by atoms with Gasteiger partial charge in [-0.25, -0.2) is 0 Å². The molecule has 2 aromatic rings. The van der Waals surface area contributed by atoms with Crippen LogP contribution in [0.1, 0.15) is 45.7 Å². The largest absolute Gasteiger partial charge is 0.496 e. The van der Waals surface area contributed by atoms with Crippen LogP contribution >= 0.6 is 0 Å². The first-order valence-corrected chi connectivity index (χ1v) is 12.5. The second kappa shape index (κ2) is 18.3. The molecule has 0 spiro atoms. The van der Waals surface area contributed by atoms with Crippen LogP contribution in [0.25, 0.3) is 0 Å². The molecule has 0 aliphatic carbocycles. The third-order valence-corrected chi connectivity index (χ3v) is 5.00. The van der Waals surface area contributed by atoms with E-state index in [9.17, 15) is 4.79 Å². The van der Waals surface area contributed by atoms with E-state index in [0.29, 0.717) is 49.1 Å². The molecule has 0 aliphatic rings. The van der Waals surface area contributed by atoms with Gasteiger partial charge >= 0.3 is 5.97 Å². The summed E-state index contributed by atoms with van der Waals surface area (Å²) in [5.41, 5.74) is 1.53. The molecule has 0 bridgehead atoms. The Bertz CT molecular complexity index is 917. The second-order valence-electron chi connectivity index (χ2n) is 7.61. The molecule has 0 fully saturated rings. The van der Waals surface area contributed by atoms with E-state index in [1.807, 2.05) is 45.0 Å². The summed E-state index contributed by atoms with van der Waals surface area (Å²) in [6, 6.07) is 10.9. The minimum absolute atomic E-state index is 0.0553. The first kappa shape index (κ1) is 32.0. The molecular formula is C28H42O9. The Hall–Kier alpha value is -3.01. The van der Waals surface area contributed by atoms with Gasteiger partial charge in [-0.2, -0.15) is 0 Å². The van der Waals surface area contributed by atoms with Gasteiger partial charge in [0.2, 0.25) is 0 Å². The van der Waals surface area contributed by atoms with Crippen LogP contribution in [0.5, 0.6) is 23.0 Å². The van der Waals surface area contributed by atoms with Crippen molar-refractivity contribution >= 4 is 5.97 Å². The number of rotatable bonds is 15. The molecule has 0 heterocycles. The number of aliphatic hydroxyl groups excluding tert-OH is 1. The molecule has 208 valence electrons. The van der Waals surface area contributed by atoms with Gasteiger partial charge in [-0.05, 0) is 58.9 Å². The molecule has 37 heavy (non-hydrogen) atoms. The van der Waals surface area contributed by atoms with Crippen LogP contribution in [0.3, 0.4) is 0 Å². The van der Waals surface area contributed by atoms with Crippen LogP contribution in [0.4, 0.5) is 0 Å². The van der Waals surface area contributed by atoms with E-state index in [4.69, 9.17) is 38.3 Å². The fourth-order valence-corrected chi connectivity index (χ4v) is 3.48. The average molecular weight is 523 g/mol. The highest BCUT2D eigenvalue weighted by Crippen LogP contribution is 2.31. The van der Waals surface area contributed by atoms with Gasteiger partial charge in [-0.15, -0.1) is 0 Å². The number of ether oxygens (including phenoxy) is 7. The number of esters is 1. The fraction of sp³-hybridized carbons (Fsp3) is 0.536. The van der Waals surface area contributed by atoms with Crippen LogP contribution in [0.2, 0.25) is 0 Å². The maximum absolute atomic E-state index is 11.7. The van der Waals surface area contributed by atoms with Crippen molar-refractivity contribution in [2.75, 3.05) is 40.6 Å². The molecule has 0 saturated heterocycles. The molecular weight excluding hydrogens is 480 g/mol. The third kappa shape index (κ3) is 11.3. The van der Waals surface area contributed by atoms with Gasteiger partial charge in [0.1, 0.15) is 23.0 Å². The Labute approximate surface area is 220 Å². The highest BCUT2D eigenvalue weighted by Gasteiger charge is 2.17. The van der Waals surface area contributed by atoms with E-state index in [2.05, 4.69) is 0 Å². The molecule has 2 unspecified atom stereocenters.